The van der Waals surface area contributed by atoms with Gasteiger partial charge in [-0.2, -0.15) is 0 Å². The number of nitrogens with zero attached hydrogens (tertiary/aromatic N) is 2. The molecule has 0 fully saturated rings. The highest BCUT2D eigenvalue weighted by atomic mass is 16.5. The minimum absolute atomic E-state index is 0.0275. The molecular weight excluding hydrogens is 418 g/mol. The van der Waals surface area contributed by atoms with Crippen LogP contribution in [0, 0.1) is 0 Å². The zero-order valence-corrected chi connectivity index (χ0v) is 18.3. The van der Waals surface area contributed by atoms with Gasteiger partial charge in [0.1, 0.15) is 12.4 Å². The number of carbonyl (C=O) groups is 1. The molecule has 2 aromatic carbocycles. The van der Waals surface area contributed by atoms with E-state index in [-0.39, 0.29) is 11.6 Å². The molecule has 170 valence electrons. The lowest BCUT2D eigenvalue weighted by molar-refractivity contribution is 0.0725. The molecule has 0 atom stereocenters. The number of benzene rings is 2. The summed E-state index contributed by atoms with van der Waals surface area (Å²) >= 11 is 0. The molecule has 33 heavy (non-hydrogen) atoms. The smallest absolute Gasteiger partial charge is 0.277 e. The number of nitrogens with one attached hydrogen (secondary N) is 1. The summed E-state index contributed by atoms with van der Waals surface area (Å²) < 4.78 is 7.39. The number of amides is 1. The molecular formula is C26H27N3O4. The molecule has 3 aromatic rings. The summed E-state index contributed by atoms with van der Waals surface area (Å²) in [5.41, 5.74) is 4.80. The molecule has 2 heterocycles. The Balaban J connectivity index is 1.23. The molecule has 0 bridgehead atoms. The van der Waals surface area contributed by atoms with E-state index in [4.69, 9.17) is 4.74 Å². The third kappa shape index (κ3) is 5.44. The van der Waals surface area contributed by atoms with Crippen LogP contribution in [-0.4, -0.2) is 40.4 Å². The number of pyridine rings is 1. The zero-order valence-electron chi connectivity index (χ0n) is 18.3. The summed E-state index contributed by atoms with van der Waals surface area (Å²) in [6, 6.07) is 19.6. The van der Waals surface area contributed by atoms with Gasteiger partial charge >= 0.3 is 0 Å². The fraction of sp³-hybridized carbons (Fsp3) is 0.231. The maximum absolute atomic E-state index is 12.6. The lowest BCUT2D eigenvalue weighted by Gasteiger charge is -2.30. The van der Waals surface area contributed by atoms with Gasteiger partial charge < -0.3 is 20.2 Å². The van der Waals surface area contributed by atoms with Crippen molar-refractivity contribution in [1.82, 2.24) is 9.58 Å². The van der Waals surface area contributed by atoms with E-state index in [1.165, 1.54) is 22.5 Å². The van der Waals surface area contributed by atoms with E-state index in [9.17, 15) is 14.7 Å². The van der Waals surface area contributed by atoms with Gasteiger partial charge in [0, 0.05) is 25.2 Å². The molecule has 0 saturated carbocycles. The second-order valence-electron chi connectivity index (χ2n) is 7.80. The van der Waals surface area contributed by atoms with Crippen LogP contribution < -0.4 is 15.6 Å². The summed E-state index contributed by atoms with van der Waals surface area (Å²) in [5, 5.41) is 9.95. The summed E-state index contributed by atoms with van der Waals surface area (Å²) in [6.45, 7) is 1.35. The number of ether oxygens (including phenoxy) is 1. The van der Waals surface area contributed by atoms with Crippen molar-refractivity contribution >= 4 is 5.91 Å². The van der Waals surface area contributed by atoms with Crippen LogP contribution >= 0.6 is 0 Å². The number of fused-ring (bicyclic) bond motifs is 1. The largest absolute Gasteiger partial charge is 0.502 e. The maximum Gasteiger partial charge on any atom is 0.277 e. The van der Waals surface area contributed by atoms with Crippen LogP contribution in [0.1, 0.15) is 34.5 Å². The van der Waals surface area contributed by atoms with Crippen molar-refractivity contribution in [3.05, 3.63) is 106 Å². The standard InChI is InChI=1S/C26H27N3O4/c30-22-14-16-29-24(25(22)31)26(32)28(19-27-29)15-8-1-2-9-17-33-23-13-7-6-12-21(23)18-20-10-4-3-5-11-20/h1-7,10-14,16,27,31H,8-9,15,17-19H2/b2-1+. The molecule has 4 rings (SSSR count). The predicted octanol–water partition coefficient (Wildman–Crippen LogP) is 3.52. The van der Waals surface area contributed by atoms with E-state index in [2.05, 4.69) is 23.6 Å². The Kier molecular flexibility index (Phi) is 7.09. The Bertz CT molecular complexity index is 1190. The van der Waals surface area contributed by atoms with Crippen LogP contribution in [-0.2, 0) is 6.42 Å². The van der Waals surface area contributed by atoms with E-state index < -0.39 is 11.2 Å². The highest BCUT2D eigenvalue weighted by Crippen LogP contribution is 2.22. The lowest BCUT2D eigenvalue weighted by atomic mass is 10.0. The lowest BCUT2D eigenvalue weighted by Crippen LogP contribution is -2.46. The first-order valence-electron chi connectivity index (χ1n) is 11.0. The van der Waals surface area contributed by atoms with Crippen LogP contribution in [0.15, 0.2) is 83.8 Å². The van der Waals surface area contributed by atoms with Gasteiger partial charge in [0.15, 0.2) is 11.4 Å². The summed E-state index contributed by atoms with van der Waals surface area (Å²) in [6.07, 6.45) is 7.75. The number of hydrogen-bond acceptors (Lipinski definition) is 5. The predicted molar refractivity (Wildman–Crippen MR) is 127 cm³/mol. The molecule has 7 nitrogen and oxygen atoms in total. The highest BCUT2D eigenvalue weighted by Gasteiger charge is 2.27. The Morgan fingerprint density at radius 3 is 2.58 bits per heavy atom. The van der Waals surface area contributed by atoms with Crippen molar-refractivity contribution in [3.8, 4) is 11.5 Å². The monoisotopic (exact) mass is 445 g/mol. The van der Waals surface area contributed by atoms with Gasteiger partial charge in [-0.15, -0.1) is 0 Å². The molecule has 1 amide bonds. The van der Waals surface area contributed by atoms with Gasteiger partial charge in [0.2, 0.25) is 5.43 Å². The number of rotatable bonds is 9. The molecule has 0 aliphatic carbocycles. The van der Waals surface area contributed by atoms with E-state index in [1.807, 2.05) is 48.6 Å². The van der Waals surface area contributed by atoms with Crippen LogP contribution in [0.5, 0.6) is 11.5 Å². The maximum atomic E-state index is 12.6. The quantitative estimate of drug-likeness (QED) is 0.389. The van der Waals surface area contributed by atoms with E-state index in [0.717, 1.165) is 24.2 Å². The van der Waals surface area contributed by atoms with E-state index in [0.29, 0.717) is 26.2 Å². The van der Waals surface area contributed by atoms with Crippen LogP contribution in [0.4, 0.5) is 0 Å². The highest BCUT2D eigenvalue weighted by molar-refractivity contribution is 5.96. The SMILES string of the molecule is O=C1c2c(O)c(=O)ccn2NCN1CC/C=C/CCOc1ccccc1Cc1ccccc1. The van der Waals surface area contributed by atoms with Gasteiger partial charge in [0.25, 0.3) is 5.91 Å². The van der Waals surface area contributed by atoms with Gasteiger partial charge in [-0.05, 0) is 30.0 Å². The number of carbonyl (C=O) groups excluding carboxylic acids is 1. The van der Waals surface area contributed by atoms with Crippen molar-refractivity contribution in [2.45, 2.75) is 19.3 Å². The van der Waals surface area contributed by atoms with Gasteiger partial charge in [-0.3, -0.25) is 14.3 Å². The van der Waals surface area contributed by atoms with Gasteiger partial charge in [0.05, 0.1) is 6.61 Å². The Morgan fingerprint density at radius 1 is 0.970 bits per heavy atom. The molecule has 1 aliphatic heterocycles. The summed E-state index contributed by atoms with van der Waals surface area (Å²) in [7, 11) is 0. The molecule has 0 saturated heterocycles. The Morgan fingerprint density at radius 2 is 1.73 bits per heavy atom. The van der Waals surface area contributed by atoms with Crippen molar-refractivity contribution < 1.29 is 14.6 Å². The normalized spacial score (nSPS) is 13.1. The fourth-order valence-corrected chi connectivity index (χ4v) is 3.74. The average Bonchev–Trinajstić information content (AvgIpc) is 2.83. The zero-order chi connectivity index (χ0) is 23.0. The van der Waals surface area contributed by atoms with Crippen molar-refractivity contribution in [2.75, 3.05) is 25.2 Å². The summed E-state index contributed by atoms with van der Waals surface area (Å²) in [4.78, 5) is 25.8. The Hall–Kier alpha value is -4.00. The second kappa shape index (κ2) is 10.5. The van der Waals surface area contributed by atoms with Crippen LogP contribution in [0.25, 0.3) is 0 Å². The molecule has 0 unspecified atom stereocenters. The molecule has 0 spiro atoms. The van der Waals surface area contributed by atoms with Crippen molar-refractivity contribution in [1.29, 1.82) is 0 Å². The van der Waals surface area contributed by atoms with Gasteiger partial charge in [-0.1, -0.05) is 60.7 Å². The third-order valence-corrected chi connectivity index (χ3v) is 5.48. The molecule has 0 radical (unpaired) electrons. The van der Waals surface area contributed by atoms with E-state index >= 15 is 0 Å². The first-order valence-corrected chi connectivity index (χ1v) is 11.0. The minimum atomic E-state index is -0.566. The molecule has 7 heteroatoms. The summed E-state index contributed by atoms with van der Waals surface area (Å²) in [5.74, 6) is 0.00380. The van der Waals surface area contributed by atoms with Crippen LogP contribution in [0.2, 0.25) is 0 Å². The third-order valence-electron chi connectivity index (χ3n) is 5.48. The van der Waals surface area contributed by atoms with Crippen molar-refractivity contribution in [2.24, 2.45) is 0 Å². The van der Waals surface area contributed by atoms with E-state index in [1.54, 1.807) is 4.90 Å². The number of hydrogen-bond donors (Lipinski definition) is 2. The molecule has 1 aromatic heterocycles. The molecule has 1 aliphatic rings. The Labute approximate surface area is 192 Å². The first-order chi connectivity index (χ1) is 16.1. The first kappa shape index (κ1) is 22.2. The number of para-hydroxylation sites is 1. The minimum Gasteiger partial charge on any atom is -0.502 e. The topological polar surface area (TPSA) is 83.8 Å². The number of aromatic hydroxyl groups is 1. The van der Waals surface area contributed by atoms with Crippen molar-refractivity contribution in [3.63, 3.8) is 0 Å². The fourth-order valence-electron chi connectivity index (χ4n) is 3.74. The van der Waals surface area contributed by atoms with Gasteiger partial charge in [-0.25, -0.2) is 0 Å². The number of aromatic nitrogens is 1. The van der Waals surface area contributed by atoms with Crippen LogP contribution in [0.3, 0.4) is 0 Å². The molecule has 2 N–H and O–H groups in total. The second-order valence-corrected chi connectivity index (χ2v) is 7.80. The average molecular weight is 446 g/mol.